The summed E-state index contributed by atoms with van der Waals surface area (Å²) in [6, 6.07) is 36.7. The Morgan fingerprint density at radius 2 is 1.18 bits per heavy atom. The average molecular weight is 828 g/mol. The van der Waals surface area contributed by atoms with Crippen molar-refractivity contribution in [3.63, 3.8) is 0 Å². The molecular formula is C48H65N3O9. The smallest absolute Gasteiger partial charge is 0.338 e. The van der Waals surface area contributed by atoms with Crippen molar-refractivity contribution < 1.29 is 43.1 Å². The number of carbonyl (C=O) groups excluding carboxylic acids is 2. The van der Waals surface area contributed by atoms with Crippen LogP contribution in [0.15, 0.2) is 126 Å². The van der Waals surface area contributed by atoms with Crippen LogP contribution < -0.4 is 0 Å². The maximum absolute atomic E-state index is 12.5. The SMILES string of the molecule is C.CC.CC.CC1C(COC(=O)c2ccccc2)OC[C@@H](N=[N+]=[N-])[C@@H]1OCc1ccccc1.CC[C@@H]1OC(C)C(OC(=O)c2ccccc2)C(OCc2ccccc2)[C@@H]1O. The number of carbonyl (C=O) groups is 2. The second-order valence-electron chi connectivity index (χ2n) is 13.5. The number of benzene rings is 4. The fourth-order valence-corrected chi connectivity index (χ4v) is 6.57. The summed E-state index contributed by atoms with van der Waals surface area (Å²) in [6.45, 7) is 14.8. The van der Waals surface area contributed by atoms with E-state index in [-0.39, 0.29) is 51.0 Å². The summed E-state index contributed by atoms with van der Waals surface area (Å²) in [5.74, 6) is -0.960. The zero-order valence-electron chi connectivity index (χ0n) is 35.3. The van der Waals surface area contributed by atoms with E-state index >= 15 is 0 Å². The van der Waals surface area contributed by atoms with Crippen molar-refractivity contribution in [2.24, 2.45) is 11.0 Å². The number of hydrogen-bond donors (Lipinski definition) is 1. The molecule has 2 fully saturated rings. The van der Waals surface area contributed by atoms with E-state index in [2.05, 4.69) is 10.0 Å². The first-order valence-electron chi connectivity index (χ1n) is 20.6. The minimum absolute atomic E-state index is 0. The van der Waals surface area contributed by atoms with Gasteiger partial charge in [0.15, 0.2) is 6.10 Å². The lowest BCUT2D eigenvalue weighted by Crippen LogP contribution is -2.58. The van der Waals surface area contributed by atoms with Gasteiger partial charge in [0.05, 0.1) is 61.4 Å². The van der Waals surface area contributed by atoms with Crippen molar-refractivity contribution in [2.75, 3.05) is 13.2 Å². The average Bonchev–Trinajstić information content (AvgIpc) is 3.29. The van der Waals surface area contributed by atoms with Crippen LogP contribution in [0.4, 0.5) is 0 Å². The molecule has 4 aromatic rings. The third kappa shape index (κ3) is 15.5. The lowest BCUT2D eigenvalue weighted by molar-refractivity contribution is -0.233. The summed E-state index contributed by atoms with van der Waals surface area (Å²) in [7, 11) is 0. The number of rotatable bonds is 13. The zero-order chi connectivity index (χ0) is 43.0. The summed E-state index contributed by atoms with van der Waals surface area (Å²) in [5.41, 5.74) is 11.8. The highest BCUT2D eigenvalue weighted by atomic mass is 16.6. The second kappa shape index (κ2) is 28.4. The minimum atomic E-state index is -0.872. The van der Waals surface area contributed by atoms with E-state index in [4.69, 9.17) is 34.0 Å². The molecular weight excluding hydrogens is 763 g/mol. The summed E-state index contributed by atoms with van der Waals surface area (Å²) >= 11 is 0. The molecule has 9 atom stereocenters. The Bertz CT molecular complexity index is 1800. The lowest BCUT2D eigenvalue weighted by Gasteiger charge is -2.43. The molecule has 0 spiro atoms. The van der Waals surface area contributed by atoms with E-state index in [9.17, 15) is 14.7 Å². The number of aliphatic hydroxyl groups is 1. The first-order valence-corrected chi connectivity index (χ1v) is 20.6. The van der Waals surface area contributed by atoms with Gasteiger partial charge >= 0.3 is 11.9 Å². The molecule has 4 aromatic carbocycles. The van der Waals surface area contributed by atoms with Crippen molar-refractivity contribution in [2.45, 2.75) is 124 Å². The molecule has 0 aromatic heterocycles. The Morgan fingerprint density at radius 1 is 0.717 bits per heavy atom. The van der Waals surface area contributed by atoms with Gasteiger partial charge in [-0.3, -0.25) is 0 Å². The quantitative estimate of drug-likeness (QED) is 0.0599. The van der Waals surface area contributed by atoms with Crippen LogP contribution in [0.1, 0.15) is 94.2 Å². The van der Waals surface area contributed by atoms with Gasteiger partial charge in [-0.1, -0.05) is 151 Å². The fourth-order valence-electron chi connectivity index (χ4n) is 6.57. The number of azide groups is 1. The molecule has 0 aliphatic carbocycles. The molecule has 2 aliphatic rings. The van der Waals surface area contributed by atoms with E-state index in [1.807, 2.05) is 121 Å². The van der Waals surface area contributed by atoms with Gasteiger partial charge in [0, 0.05) is 10.8 Å². The predicted octanol–water partition coefficient (Wildman–Crippen LogP) is 10.2. The summed E-state index contributed by atoms with van der Waals surface area (Å²) in [6.07, 6.45) is -2.98. The van der Waals surface area contributed by atoms with Crippen LogP contribution >= 0.6 is 0 Å². The number of aliphatic hydroxyl groups excluding tert-OH is 1. The van der Waals surface area contributed by atoms with Crippen LogP contribution in [-0.2, 0) is 41.6 Å². The standard InChI is InChI=1S/C22H26O5.C21H23N3O4.2C2H6.CH4/c1-3-18-19(23)21(25-14-16-10-6-4-7-11-16)20(15(2)26-18)27-22(24)17-12-8-5-9-13-17;1-15-19(14-28-21(25)17-10-6-3-7-11-17)26-13-18(23-24-22)20(15)27-12-16-8-4-2-5-9-16;2*1-2;/h4-13,15,18-21,23H,3,14H2,1-2H3;2-11,15,18-20H,12-14H2,1H3;2*1-2H3;1H4/t15?,18-,19+,20?,21?;15?,18-,19?,20-;;;/m01.../s1. The van der Waals surface area contributed by atoms with Crippen molar-refractivity contribution >= 4 is 11.9 Å². The van der Waals surface area contributed by atoms with Crippen LogP contribution in [0.25, 0.3) is 10.4 Å². The third-order valence-corrected chi connectivity index (χ3v) is 9.67. The van der Waals surface area contributed by atoms with E-state index in [1.165, 1.54) is 0 Å². The minimum Gasteiger partial charge on any atom is -0.459 e. The topological polar surface area (TPSA) is 159 Å². The number of hydrogen-bond acceptors (Lipinski definition) is 10. The first-order chi connectivity index (χ1) is 28.8. The Hall–Kier alpha value is -5.07. The van der Waals surface area contributed by atoms with Gasteiger partial charge in [0.25, 0.3) is 0 Å². The van der Waals surface area contributed by atoms with Crippen LogP contribution in [0.3, 0.4) is 0 Å². The highest BCUT2D eigenvalue weighted by molar-refractivity contribution is 5.89. The predicted molar refractivity (Wildman–Crippen MR) is 234 cm³/mol. The molecule has 12 nitrogen and oxygen atoms in total. The van der Waals surface area contributed by atoms with E-state index < -0.39 is 36.3 Å². The van der Waals surface area contributed by atoms with Gasteiger partial charge in [-0.25, -0.2) is 9.59 Å². The molecule has 2 heterocycles. The Labute approximate surface area is 356 Å². The molecule has 5 unspecified atom stereocenters. The molecule has 2 saturated heterocycles. The number of nitrogens with zero attached hydrogens (tertiary/aromatic N) is 3. The van der Waals surface area contributed by atoms with Crippen molar-refractivity contribution in [3.05, 3.63) is 154 Å². The first kappa shape index (κ1) is 51.1. The molecule has 0 saturated carbocycles. The van der Waals surface area contributed by atoms with Crippen LogP contribution in [-0.4, -0.2) is 79.0 Å². The number of ether oxygens (including phenoxy) is 6. The van der Waals surface area contributed by atoms with Gasteiger partial charge in [0.2, 0.25) is 0 Å². The van der Waals surface area contributed by atoms with Gasteiger partial charge in [-0.2, -0.15) is 0 Å². The van der Waals surface area contributed by atoms with Crippen LogP contribution in [0, 0.1) is 5.92 Å². The van der Waals surface area contributed by atoms with E-state index in [0.717, 1.165) is 11.1 Å². The Balaban J connectivity index is 0.000000376. The third-order valence-electron chi connectivity index (χ3n) is 9.67. The largest absolute Gasteiger partial charge is 0.459 e. The maximum atomic E-state index is 12.5. The molecule has 326 valence electrons. The number of esters is 2. The molecule has 0 amide bonds. The highest BCUT2D eigenvalue weighted by Crippen LogP contribution is 2.30. The van der Waals surface area contributed by atoms with Gasteiger partial charge in [0.1, 0.15) is 18.8 Å². The second-order valence-corrected chi connectivity index (χ2v) is 13.5. The van der Waals surface area contributed by atoms with Gasteiger partial charge in [-0.05, 0) is 54.3 Å². The highest BCUT2D eigenvalue weighted by Gasteiger charge is 2.46. The summed E-state index contributed by atoms with van der Waals surface area (Å²) < 4.78 is 34.9. The molecule has 1 N–H and O–H groups in total. The van der Waals surface area contributed by atoms with Crippen molar-refractivity contribution in [1.82, 2.24) is 0 Å². The van der Waals surface area contributed by atoms with Gasteiger partial charge in [-0.15, -0.1) is 0 Å². The lowest BCUT2D eigenvalue weighted by atomic mass is 9.90. The van der Waals surface area contributed by atoms with Crippen LogP contribution in [0.5, 0.6) is 0 Å². The van der Waals surface area contributed by atoms with Crippen LogP contribution in [0.2, 0.25) is 0 Å². The van der Waals surface area contributed by atoms with Crippen molar-refractivity contribution in [1.29, 1.82) is 0 Å². The van der Waals surface area contributed by atoms with E-state index in [1.54, 1.807) is 48.5 Å². The molecule has 0 bridgehead atoms. The van der Waals surface area contributed by atoms with Crippen molar-refractivity contribution in [3.8, 4) is 0 Å². The maximum Gasteiger partial charge on any atom is 0.338 e. The molecule has 0 radical (unpaired) electrons. The normalized spacial score (nSPS) is 24.0. The summed E-state index contributed by atoms with van der Waals surface area (Å²) in [5, 5.41) is 14.6. The Morgan fingerprint density at radius 3 is 1.67 bits per heavy atom. The Kier molecular flexibility index (Phi) is 24.2. The summed E-state index contributed by atoms with van der Waals surface area (Å²) in [4.78, 5) is 27.6. The molecule has 60 heavy (non-hydrogen) atoms. The van der Waals surface area contributed by atoms with Gasteiger partial charge < -0.3 is 33.5 Å². The monoisotopic (exact) mass is 827 g/mol. The van der Waals surface area contributed by atoms with E-state index in [0.29, 0.717) is 30.8 Å². The fraction of sp³-hybridized carbons (Fsp3) is 0.458. The molecule has 12 heteroatoms. The molecule has 6 rings (SSSR count). The zero-order valence-corrected chi connectivity index (χ0v) is 35.3. The molecule has 2 aliphatic heterocycles.